The van der Waals surface area contributed by atoms with Gasteiger partial charge >= 0.3 is 0 Å². The average molecular weight is 218 g/mol. The van der Waals surface area contributed by atoms with Crippen molar-refractivity contribution >= 4 is 5.69 Å². The van der Waals surface area contributed by atoms with E-state index in [0.29, 0.717) is 0 Å². The van der Waals surface area contributed by atoms with E-state index in [1.807, 2.05) is 0 Å². The number of aliphatic hydroxyl groups excluding tert-OH is 2. The first-order valence-corrected chi connectivity index (χ1v) is 4.28. The zero-order chi connectivity index (χ0) is 11.6. The van der Waals surface area contributed by atoms with Crippen molar-refractivity contribution in [3.8, 4) is 0 Å². The van der Waals surface area contributed by atoms with Gasteiger partial charge < -0.3 is 21.7 Å². The van der Waals surface area contributed by atoms with Crippen LogP contribution in [-0.4, -0.2) is 22.9 Å². The highest BCUT2D eigenvalue weighted by atomic mass is 19.2. The Bertz CT molecular complexity index is 360. The molecule has 2 unspecified atom stereocenters. The summed E-state index contributed by atoms with van der Waals surface area (Å²) in [6.07, 6.45) is -2.91. The fraction of sp³-hybridized carbons (Fsp3) is 0.333. The molecule has 6 heteroatoms. The molecule has 6 N–H and O–H groups in total. The molecule has 1 aromatic carbocycles. The minimum atomic E-state index is -1.56. The molecular formula is C9H12F2N2O2. The standard InChI is InChI=1S/C9H12F2N2O2/c10-7-4(9(15)6(14)3-12)1-2-5(13)8(7)11/h1-2,6,9,14-15H,3,12-13H2. The zero-order valence-corrected chi connectivity index (χ0v) is 7.82. The van der Waals surface area contributed by atoms with Crippen LogP contribution in [0.1, 0.15) is 11.7 Å². The Hall–Kier alpha value is -1.24. The molecule has 0 aromatic heterocycles. The van der Waals surface area contributed by atoms with Gasteiger partial charge in [-0.25, -0.2) is 8.78 Å². The molecule has 2 atom stereocenters. The first kappa shape index (κ1) is 11.8. The maximum Gasteiger partial charge on any atom is 0.182 e. The van der Waals surface area contributed by atoms with Crippen LogP contribution >= 0.6 is 0 Å². The molecule has 4 nitrogen and oxygen atoms in total. The molecule has 0 spiro atoms. The monoisotopic (exact) mass is 218 g/mol. The van der Waals surface area contributed by atoms with Crippen LogP contribution in [0.15, 0.2) is 12.1 Å². The Morgan fingerprint density at radius 3 is 2.33 bits per heavy atom. The molecule has 0 saturated heterocycles. The van der Waals surface area contributed by atoms with Crippen molar-refractivity contribution in [3.63, 3.8) is 0 Å². The summed E-state index contributed by atoms with van der Waals surface area (Å²) in [6.45, 7) is -0.257. The van der Waals surface area contributed by atoms with Crippen LogP contribution in [0, 0.1) is 11.6 Å². The van der Waals surface area contributed by atoms with Crippen LogP contribution in [0.2, 0.25) is 0 Å². The number of nitrogen functional groups attached to an aromatic ring is 1. The molecule has 0 heterocycles. The van der Waals surface area contributed by atoms with E-state index in [9.17, 15) is 13.9 Å². The summed E-state index contributed by atoms with van der Waals surface area (Å²) in [7, 11) is 0. The van der Waals surface area contributed by atoms with Crippen molar-refractivity contribution in [2.24, 2.45) is 5.73 Å². The molecule has 0 radical (unpaired) electrons. The summed E-state index contributed by atoms with van der Waals surface area (Å²) in [5, 5.41) is 18.6. The molecule has 0 aliphatic rings. The van der Waals surface area contributed by atoms with Crippen LogP contribution in [0.4, 0.5) is 14.5 Å². The van der Waals surface area contributed by atoms with Gasteiger partial charge in [0.1, 0.15) is 6.10 Å². The van der Waals surface area contributed by atoms with Gasteiger partial charge in [0.15, 0.2) is 11.6 Å². The number of halogens is 2. The predicted octanol–water partition coefficient (Wildman–Crippen LogP) is -0.100. The second kappa shape index (κ2) is 4.52. The quantitative estimate of drug-likeness (QED) is 0.533. The number of aliphatic hydroxyl groups is 2. The third-order valence-electron chi connectivity index (χ3n) is 2.07. The Morgan fingerprint density at radius 2 is 1.80 bits per heavy atom. The normalized spacial score (nSPS) is 15.0. The lowest BCUT2D eigenvalue weighted by Gasteiger charge is -2.17. The van der Waals surface area contributed by atoms with Crippen molar-refractivity contribution in [2.45, 2.75) is 12.2 Å². The first-order chi connectivity index (χ1) is 6.99. The summed E-state index contributed by atoms with van der Waals surface area (Å²) in [5.74, 6) is -2.51. The van der Waals surface area contributed by atoms with Gasteiger partial charge in [-0.3, -0.25) is 0 Å². The van der Waals surface area contributed by atoms with E-state index >= 15 is 0 Å². The Labute approximate surface area is 85.1 Å². The van der Waals surface area contributed by atoms with Crippen LogP contribution in [0.5, 0.6) is 0 Å². The summed E-state index contributed by atoms with van der Waals surface area (Å²) in [5.41, 5.74) is 9.47. The van der Waals surface area contributed by atoms with Gasteiger partial charge in [0.2, 0.25) is 0 Å². The lowest BCUT2D eigenvalue weighted by molar-refractivity contribution is 0.0218. The molecular weight excluding hydrogens is 206 g/mol. The highest BCUT2D eigenvalue weighted by Gasteiger charge is 2.23. The minimum Gasteiger partial charge on any atom is -0.396 e. The van der Waals surface area contributed by atoms with Gasteiger partial charge in [-0.05, 0) is 6.07 Å². The van der Waals surface area contributed by atoms with Gasteiger partial charge in [-0.15, -0.1) is 0 Å². The molecule has 0 amide bonds. The minimum absolute atomic E-state index is 0.257. The van der Waals surface area contributed by atoms with Crippen LogP contribution in [0.25, 0.3) is 0 Å². The van der Waals surface area contributed by atoms with Gasteiger partial charge in [0.25, 0.3) is 0 Å². The molecule has 0 saturated carbocycles. The van der Waals surface area contributed by atoms with Crippen molar-refractivity contribution in [3.05, 3.63) is 29.3 Å². The van der Waals surface area contributed by atoms with Crippen LogP contribution < -0.4 is 11.5 Å². The molecule has 0 fully saturated rings. The van der Waals surface area contributed by atoms with Gasteiger partial charge in [-0.1, -0.05) is 6.07 Å². The average Bonchev–Trinajstić information content (AvgIpc) is 2.24. The zero-order valence-electron chi connectivity index (χ0n) is 7.82. The molecule has 1 aromatic rings. The van der Waals surface area contributed by atoms with E-state index in [-0.39, 0.29) is 17.8 Å². The second-order valence-electron chi connectivity index (χ2n) is 3.12. The van der Waals surface area contributed by atoms with Crippen LogP contribution in [-0.2, 0) is 0 Å². The fourth-order valence-electron chi connectivity index (χ4n) is 1.14. The maximum atomic E-state index is 13.2. The van der Waals surface area contributed by atoms with Gasteiger partial charge in [-0.2, -0.15) is 0 Å². The molecule has 1 rings (SSSR count). The Kier molecular flexibility index (Phi) is 3.57. The highest BCUT2D eigenvalue weighted by Crippen LogP contribution is 2.24. The third kappa shape index (κ3) is 2.23. The van der Waals surface area contributed by atoms with Crippen molar-refractivity contribution < 1.29 is 19.0 Å². The molecule has 15 heavy (non-hydrogen) atoms. The van der Waals surface area contributed by atoms with E-state index in [2.05, 4.69) is 0 Å². The number of benzene rings is 1. The van der Waals surface area contributed by atoms with E-state index in [1.54, 1.807) is 0 Å². The Morgan fingerprint density at radius 1 is 1.20 bits per heavy atom. The summed E-state index contributed by atoms with van der Waals surface area (Å²) < 4.78 is 26.2. The maximum absolute atomic E-state index is 13.2. The SMILES string of the molecule is NCC(O)C(O)c1ccc(N)c(F)c1F. The summed E-state index contributed by atoms with van der Waals surface area (Å²) >= 11 is 0. The van der Waals surface area contributed by atoms with E-state index in [1.165, 1.54) is 0 Å². The topological polar surface area (TPSA) is 92.5 Å². The molecule has 0 aliphatic heterocycles. The van der Waals surface area contributed by atoms with Crippen molar-refractivity contribution in [2.75, 3.05) is 12.3 Å². The van der Waals surface area contributed by atoms with Crippen molar-refractivity contribution in [1.29, 1.82) is 0 Å². The number of anilines is 1. The van der Waals surface area contributed by atoms with E-state index in [0.717, 1.165) is 12.1 Å². The second-order valence-corrected chi connectivity index (χ2v) is 3.12. The number of hydrogen-bond donors (Lipinski definition) is 4. The predicted molar refractivity (Wildman–Crippen MR) is 50.8 cm³/mol. The van der Waals surface area contributed by atoms with E-state index in [4.69, 9.17) is 16.6 Å². The number of nitrogens with two attached hydrogens (primary N) is 2. The van der Waals surface area contributed by atoms with E-state index < -0.39 is 23.8 Å². The van der Waals surface area contributed by atoms with Crippen LogP contribution in [0.3, 0.4) is 0 Å². The highest BCUT2D eigenvalue weighted by molar-refractivity contribution is 5.43. The van der Waals surface area contributed by atoms with Gasteiger partial charge in [0.05, 0.1) is 11.8 Å². The lowest BCUT2D eigenvalue weighted by atomic mass is 10.0. The number of hydrogen-bond acceptors (Lipinski definition) is 4. The Balaban J connectivity index is 3.10. The lowest BCUT2D eigenvalue weighted by Crippen LogP contribution is -2.28. The molecule has 0 bridgehead atoms. The fourth-order valence-corrected chi connectivity index (χ4v) is 1.14. The molecule has 0 aliphatic carbocycles. The van der Waals surface area contributed by atoms with Crippen molar-refractivity contribution in [1.82, 2.24) is 0 Å². The summed E-state index contributed by atoms with van der Waals surface area (Å²) in [4.78, 5) is 0. The molecule has 84 valence electrons. The smallest absolute Gasteiger partial charge is 0.182 e. The number of rotatable bonds is 3. The van der Waals surface area contributed by atoms with Gasteiger partial charge in [0, 0.05) is 12.1 Å². The summed E-state index contributed by atoms with van der Waals surface area (Å²) in [6, 6.07) is 2.22. The largest absolute Gasteiger partial charge is 0.396 e. The third-order valence-corrected chi connectivity index (χ3v) is 2.07. The first-order valence-electron chi connectivity index (χ1n) is 4.28.